The van der Waals surface area contributed by atoms with Crippen molar-refractivity contribution < 1.29 is 14.3 Å². The molecule has 0 aromatic heterocycles. The van der Waals surface area contributed by atoms with E-state index in [1.165, 1.54) is 6.07 Å². The van der Waals surface area contributed by atoms with Crippen LogP contribution in [0.4, 0.5) is 9.18 Å². The largest absolute Gasteiger partial charge is 0.394 e. The number of aliphatic hydroxyl groups excluding tert-OH is 1. The fourth-order valence-corrected chi connectivity index (χ4v) is 2.80. The summed E-state index contributed by atoms with van der Waals surface area (Å²) in [6, 6.07) is 6.35. The summed E-state index contributed by atoms with van der Waals surface area (Å²) in [6.45, 7) is 4.81. The van der Waals surface area contributed by atoms with Crippen LogP contribution in [-0.4, -0.2) is 41.8 Å². The summed E-state index contributed by atoms with van der Waals surface area (Å²) in [5, 5.41) is 12.1. The number of rotatable bonds is 4. The van der Waals surface area contributed by atoms with Crippen molar-refractivity contribution >= 4 is 6.03 Å². The Labute approximate surface area is 125 Å². The average molecular weight is 294 g/mol. The van der Waals surface area contributed by atoms with E-state index in [1.54, 1.807) is 23.1 Å². The van der Waals surface area contributed by atoms with Crippen LogP contribution in [0.5, 0.6) is 0 Å². The second kappa shape index (κ2) is 6.43. The van der Waals surface area contributed by atoms with Crippen LogP contribution in [0, 0.1) is 5.82 Å². The van der Waals surface area contributed by atoms with Crippen LogP contribution in [0.3, 0.4) is 0 Å². The molecule has 21 heavy (non-hydrogen) atoms. The van der Waals surface area contributed by atoms with Crippen LogP contribution >= 0.6 is 0 Å². The normalized spacial score (nSPS) is 18.9. The topological polar surface area (TPSA) is 52.6 Å². The van der Waals surface area contributed by atoms with Gasteiger partial charge in [0.15, 0.2) is 0 Å². The molecule has 0 spiro atoms. The molecule has 116 valence electrons. The van der Waals surface area contributed by atoms with E-state index < -0.39 is 5.41 Å². The van der Waals surface area contributed by atoms with Gasteiger partial charge in [0.1, 0.15) is 5.82 Å². The standard InChI is InChI=1S/C16H23FN2O2/c1-16(2,13-7-3-4-8-14(13)17)11-18-15(21)19-9-5-6-12(19)10-20/h3-4,7-8,12,20H,5-6,9-11H2,1-2H3,(H,18,21). The molecule has 1 aliphatic rings. The quantitative estimate of drug-likeness (QED) is 0.895. The van der Waals surface area contributed by atoms with Gasteiger partial charge in [-0.1, -0.05) is 32.0 Å². The van der Waals surface area contributed by atoms with E-state index in [0.717, 1.165) is 12.8 Å². The number of nitrogens with one attached hydrogen (secondary N) is 1. The van der Waals surface area contributed by atoms with Crippen molar-refractivity contribution in [3.8, 4) is 0 Å². The van der Waals surface area contributed by atoms with E-state index in [9.17, 15) is 14.3 Å². The Balaban J connectivity index is 1.98. The first-order chi connectivity index (χ1) is 9.95. The molecule has 0 bridgehead atoms. The van der Waals surface area contributed by atoms with Crippen molar-refractivity contribution in [1.29, 1.82) is 0 Å². The monoisotopic (exact) mass is 294 g/mol. The van der Waals surface area contributed by atoms with Crippen LogP contribution in [0.1, 0.15) is 32.3 Å². The number of aliphatic hydroxyl groups is 1. The van der Waals surface area contributed by atoms with Gasteiger partial charge < -0.3 is 15.3 Å². The highest BCUT2D eigenvalue weighted by Crippen LogP contribution is 2.25. The number of halogens is 1. The number of likely N-dealkylation sites (tertiary alicyclic amines) is 1. The first-order valence-corrected chi connectivity index (χ1v) is 7.36. The Bertz CT molecular complexity index is 505. The van der Waals surface area contributed by atoms with E-state index in [-0.39, 0.29) is 24.5 Å². The van der Waals surface area contributed by atoms with Gasteiger partial charge in [0.25, 0.3) is 0 Å². The van der Waals surface area contributed by atoms with Crippen LogP contribution in [0.25, 0.3) is 0 Å². The number of carbonyl (C=O) groups is 1. The van der Waals surface area contributed by atoms with Gasteiger partial charge in [-0.3, -0.25) is 0 Å². The van der Waals surface area contributed by atoms with Crippen LogP contribution in [-0.2, 0) is 5.41 Å². The second-order valence-electron chi connectivity index (χ2n) is 6.19. The Kier molecular flexibility index (Phi) is 4.83. The van der Waals surface area contributed by atoms with Gasteiger partial charge in [0, 0.05) is 18.5 Å². The van der Waals surface area contributed by atoms with Gasteiger partial charge in [0.05, 0.1) is 12.6 Å². The molecule has 2 N–H and O–H groups in total. The molecule has 5 heteroatoms. The molecule has 1 aromatic carbocycles. The number of nitrogens with zero attached hydrogens (tertiary/aromatic N) is 1. The number of hydrogen-bond acceptors (Lipinski definition) is 2. The minimum absolute atomic E-state index is 0.00980. The molecule has 0 aliphatic carbocycles. The SMILES string of the molecule is CC(C)(CNC(=O)N1CCCC1CO)c1ccccc1F. The highest BCUT2D eigenvalue weighted by molar-refractivity contribution is 5.75. The first-order valence-electron chi connectivity index (χ1n) is 7.36. The van der Waals surface area contributed by atoms with E-state index in [1.807, 2.05) is 13.8 Å². The third-order valence-electron chi connectivity index (χ3n) is 4.13. The third kappa shape index (κ3) is 3.53. The van der Waals surface area contributed by atoms with E-state index in [4.69, 9.17) is 0 Å². The summed E-state index contributed by atoms with van der Waals surface area (Å²) in [4.78, 5) is 13.9. The molecule has 1 aliphatic heterocycles. The Morgan fingerprint density at radius 3 is 2.86 bits per heavy atom. The van der Waals surface area contributed by atoms with Gasteiger partial charge in [-0.2, -0.15) is 0 Å². The maximum atomic E-state index is 13.9. The Hall–Kier alpha value is -1.62. The average Bonchev–Trinajstić information content (AvgIpc) is 2.93. The van der Waals surface area contributed by atoms with Crippen molar-refractivity contribution in [2.75, 3.05) is 19.7 Å². The molecular weight excluding hydrogens is 271 g/mol. The molecule has 1 unspecified atom stereocenters. The second-order valence-corrected chi connectivity index (χ2v) is 6.19. The van der Waals surface area contributed by atoms with Gasteiger partial charge >= 0.3 is 6.03 Å². The lowest BCUT2D eigenvalue weighted by Crippen LogP contribution is -2.47. The third-order valence-corrected chi connectivity index (χ3v) is 4.13. The highest BCUT2D eigenvalue weighted by Gasteiger charge is 2.30. The molecule has 4 nitrogen and oxygen atoms in total. The molecular formula is C16H23FN2O2. The Morgan fingerprint density at radius 2 is 2.19 bits per heavy atom. The fraction of sp³-hybridized carbons (Fsp3) is 0.562. The zero-order valence-corrected chi connectivity index (χ0v) is 12.6. The lowest BCUT2D eigenvalue weighted by Gasteiger charge is -2.29. The molecule has 0 radical (unpaired) electrons. The smallest absolute Gasteiger partial charge is 0.317 e. The highest BCUT2D eigenvalue weighted by atomic mass is 19.1. The predicted molar refractivity (Wildman–Crippen MR) is 79.6 cm³/mol. The van der Waals surface area contributed by atoms with Crippen molar-refractivity contribution in [3.05, 3.63) is 35.6 Å². The molecule has 1 atom stereocenters. The van der Waals surface area contributed by atoms with Crippen LogP contribution in [0.2, 0.25) is 0 Å². The minimum Gasteiger partial charge on any atom is -0.394 e. The molecule has 0 saturated carbocycles. The summed E-state index contributed by atoms with van der Waals surface area (Å²) < 4.78 is 13.9. The summed E-state index contributed by atoms with van der Waals surface area (Å²) in [5.41, 5.74) is 0.0977. The van der Waals surface area contributed by atoms with Crippen LogP contribution < -0.4 is 5.32 Å². The number of carbonyl (C=O) groups excluding carboxylic acids is 1. The molecule has 2 rings (SSSR count). The number of hydrogen-bond donors (Lipinski definition) is 2. The molecule has 1 fully saturated rings. The molecule has 1 saturated heterocycles. The van der Waals surface area contributed by atoms with Crippen molar-refractivity contribution in [2.45, 2.75) is 38.1 Å². The van der Waals surface area contributed by atoms with Crippen molar-refractivity contribution in [3.63, 3.8) is 0 Å². The first kappa shape index (κ1) is 15.8. The number of benzene rings is 1. The number of amides is 2. The zero-order chi connectivity index (χ0) is 15.5. The summed E-state index contributed by atoms with van der Waals surface area (Å²) in [5.74, 6) is -0.258. The van der Waals surface area contributed by atoms with Gasteiger partial charge in [-0.25, -0.2) is 9.18 Å². The maximum Gasteiger partial charge on any atom is 0.317 e. The maximum absolute atomic E-state index is 13.9. The van der Waals surface area contributed by atoms with Crippen LogP contribution in [0.15, 0.2) is 24.3 Å². The van der Waals surface area contributed by atoms with Gasteiger partial charge in [0.2, 0.25) is 0 Å². The minimum atomic E-state index is -0.491. The summed E-state index contributed by atoms with van der Waals surface area (Å²) in [7, 11) is 0. The Morgan fingerprint density at radius 1 is 1.48 bits per heavy atom. The number of urea groups is 1. The molecule has 1 aromatic rings. The lowest BCUT2D eigenvalue weighted by molar-refractivity contribution is 0.156. The predicted octanol–water partition coefficient (Wildman–Crippen LogP) is 2.27. The van der Waals surface area contributed by atoms with E-state index in [2.05, 4.69) is 5.32 Å². The lowest BCUT2D eigenvalue weighted by atomic mass is 9.84. The van der Waals surface area contributed by atoms with Crippen molar-refractivity contribution in [2.24, 2.45) is 0 Å². The van der Waals surface area contributed by atoms with E-state index in [0.29, 0.717) is 18.7 Å². The van der Waals surface area contributed by atoms with Gasteiger partial charge in [-0.15, -0.1) is 0 Å². The summed E-state index contributed by atoms with van der Waals surface area (Å²) >= 11 is 0. The van der Waals surface area contributed by atoms with E-state index >= 15 is 0 Å². The summed E-state index contributed by atoms with van der Waals surface area (Å²) in [6.07, 6.45) is 1.75. The van der Waals surface area contributed by atoms with Crippen molar-refractivity contribution in [1.82, 2.24) is 10.2 Å². The molecule has 1 heterocycles. The fourth-order valence-electron chi connectivity index (χ4n) is 2.80. The van der Waals surface area contributed by atoms with Gasteiger partial charge in [-0.05, 0) is 24.5 Å². The molecule has 2 amide bonds. The zero-order valence-electron chi connectivity index (χ0n) is 12.6.